The van der Waals surface area contributed by atoms with Gasteiger partial charge in [0, 0.05) is 29.8 Å². The van der Waals surface area contributed by atoms with Gasteiger partial charge in [0.15, 0.2) is 5.60 Å². The Labute approximate surface area is 182 Å². The molecule has 0 spiro atoms. The Hall–Kier alpha value is -2.98. The average molecular weight is 453 g/mol. The van der Waals surface area contributed by atoms with E-state index in [0.29, 0.717) is 19.2 Å². The molecule has 6 nitrogen and oxygen atoms in total. The van der Waals surface area contributed by atoms with Crippen LogP contribution in [0.5, 0.6) is 0 Å². The molecule has 2 aromatic carbocycles. The Kier molecular flexibility index (Phi) is 6.30. The van der Waals surface area contributed by atoms with Gasteiger partial charge in [0.2, 0.25) is 5.91 Å². The SMILES string of the molecule is CCN(CC)CCN1C(=O)C(O)(c2ccccc2F)c2c1cc(C(N)=O)cc2C(F)(F)F. The van der Waals surface area contributed by atoms with Crippen LogP contribution in [0.15, 0.2) is 36.4 Å². The summed E-state index contributed by atoms with van der Waals surface area (Å²) < 4.78 is 56.7. The molecule has 0 aromatic heterocycles. The number of hydrogen-bond acceptors (Lipinski definition) is 4. The predicted molar refractivity (Wildman–Crippen MR) is 110 cm³/mol. The van der Waals surface area contributed by atoms with Crippen LogP contribution < -0.4 is 10.6 Å². The van der Waals surface area contributed by atoms with Crippen LogP contribution in [0, 0.1) is 5.82 Å². The highest BCUT2D eigenvalue weighted by Crippen LogP contribution is 2.51. The van der Waals surface area contributed by atoms with Crippen molar-refractivity contribution in [2.75, 3.05) is 31.1 Å². The Balaban J connectivity index is 2.32. The monoisotopic (exact) mass is 453 g/mol. The number of nitrogens with two attached hydrogens (primary N) is 1. The number of benzene rings is 2. The van der Waals surface area contributed by atoms with E-state index in [1.54, 1.807) is 0 Å². The highest BCUT2D eigenvalue weighted by Gasteiger charge is 2.56. The maximum Gasteiger partial charge on any atom is 0.416 e. The van der Waals surface area contributed by atoms with Crippen molar-refractivity contribution in [3.8, 4) is 0 Å². The average Bonchev–Trinajstić information content (AvgIpc) is 2.95. The molecule has 32 heavy (non-hydrogen) atoms. The summed E-state index contributed by atoms with van der Waals surface area (Å²) in [5.74, 6) is -3.29. The Morgan fingerprint density at radius 2 is 1.81 bits per heavy atom. The number of likely N-dealkylation sites (N-methyl/N-ethyl adjacent to an activating group) is 1. The molecular formula is C22H23F4N3O3. The van der Waals surface area contributed by atoms with Gasteiger partial charge in [-0.3, -0.25) is 9.59 Å². The number of halogens is 4. The van der Waals surface area contributed by atoms with Gasteiger partial charge in [0.1, 0.15) is 5.82 Å². The van der Waals surface area contributed by atoms with E-state index >= 15 is 0 Å². The number of alkyl halides is 3. The number of rotatable bonds is 7. The summed E-state index contributed by atoms with van der Waals surface area (Å²) in [5.41, 5.74) is -1.34. The molecule has 0 fully saturated rings. The van der Waals surface area contributed by atoms with Gasteiger partial charge in [-0.1, -0.05) is 32.0 Å². The Bertz CT molecular complexity index is 1050. The Morgan fingerprint density at radius 1 is 1.19 bits per heavy atom. The number of carbonyl (C=O) groups excluding carboxylic acids is 2. The number of fused-ring (bicyclic) bond motifs is 1. The lowest BCUT2D eigenvalue weighted by Crippen LogP contribution is -2.44. The van der Waals surface area contributed by atoms with E-state index in [4.69, 9.17) is 5.73 Å². The summed E-state index contributed by atoms with van der Waals surface area (Å²) in [6.07, 6.45) is -5.05. The highest BCUT2D eigenvalue weighted by molar-refractivity contribution is 6.11. The van der Waals surface area contributed by atoms with Gasteiger partial charge < -0.3 is 20.6 Å². The summed E-state index contributed by atoms with van der Waals surface area (Å²) in [6, 6.07) is 6.13. The van der Waals surface area contributed by atoms with Gasteiger partial charge in [-0.15, -0.1) is 0 Å². The van der Waals surface area contributed by atoms with E-state index in [2.05, 4.69) is 0 Å². The van der Waals surface area contributed by atoms with Crippen LogP contribution in [0.25, 0.3) is 0 Å². The molecule has 2 amide bonds. The van der Waals surface area contributed by atoms with Gasteiger partial charge in [-0.2, -0.15) is 13.2 Å². The molecule has 1 aliphatic heterocycles. The summed E-state index contributed by atoms with van der Waals surface area (Å²) in [4.78, 5) is 28.0. The van der Waals surface area contributed by atoms with Crippen LogP contribution in [-0.4, -0.2) is 48.0 Å². The van der Waals surface area contributed by atoms with Crippen LogP contribution >= 0.6 is 0 Å². The van der Waals surface area contributed by atoms with Gasteiger partial charge >= 0.3 is 6.18 Å². The maximum absolute atomic E-state index is 14.6. The zero-order valence-electron chi connectivity index (χ0n) is 17.5. The number of primary amides is 1. The fourth-order valence-corrected chi connectivity index (χ4v) is 4.01. The quantitative estimate of drug-likeness (QED) is 0.632. The van der Waals surface area contributed by atoms with E-state index in [1.165, 1.54) is 12.1 Å². The molecule has 1 unspecified atom stereocenters. The number of carbonyl (C=O) groups is 2. The molecule has 1 heterocycles. The second-order valence-electron chi connectivity index (χ2n) is 7.45. The molecule has 0 aliphatic carbocycles. The fraction of sp³-hybridized carbons (Fsp3) is 0.364. The standard InChI is InChI=1S/C22H23F4N3O3/c1-3-28(4-2)9-10-29-17-12-13(19(27)30)11-15(22(24,25)26)18(17)21(32,20(29)31)14-7-5-6-8-16(14)23/h5-8,11-12,32H,3-4,9-10H2,1-2H3,(H2,27,30). The van der Waals surface area contributed by atoms with E-state index in [9.17, 15) is 32.3 Å². The topological polar surface area (TPSA) is 86.9 Å². The number of hydrogen-bond donors (Lipinski definition) is 2. The van der Waals surface area contributed by atoms with Crippen molar-refractivity contribution in [1.29, 1.82) is 0 Å². The summed E-state index contributed by atoms with van der Waals surface area (Å²) >= 11 is 0. The maximum atomic E-state index is 14.6. The molecule has 0 radical (unpaired) electrons. The smallest absolute Gasteiger partial charge is 0.372 e. The lowest BCUT2D eigenvalue weighted by molar-refractivity contribution is -0.142. The lowest BCUT2D eigenvalue weighted by atomic mass is 9.83. The normalized spacial score (nSPS) is 18.4. The zero-order chi connectivity index (χ0) is 23.8. The van der Waals surface area contributed by atoms with E-state index in [1.807, 2.05) is 18.7 Å². The van der Waals surface area contributed by atoms with Crippen molar-refractivity contribution in [3.05, 3.63) is 64.5 Å². The fourth-order valence-electron chi connectivity index (χ4n) is 4.01. The molecular weight excluding hydrogens is 430 g/mol. The number of aliphatic hydroxyl groups is 1. The van der Waals surface area contributed by atoms with Crippen LogP contribution in [0.3, 0.4) is 0 Å². The van der Waals surface area contributed by atoms with Gasteiger partial charge in [0.25, 0.3) is 5.91 Å². The third kappa shape index (κ3) is 3.84. The van der Waals surface area contributed by atoms with Gasteiger partial charge in [-0.05, 0) is 31.3 Å². The summed E-state index contributed by atoms with van der Waals surface area (Å²) in [5, 5.41) is 11.4. The molecule has 2 aromatic rings. The van der Waals surface area contributed by atoms with Crippen molar-refractivity contribution in [3.63, 3.8) is 0 Å². The van der Waals surface area contributed by atoms with Crippen LogP contribution in [-0.2, 0) is 16.6 Å². The van der Waals surface area contributed by atoms with Gasteiger partial charge in [0.05, 0.1) is 11.3 Å². The third-order valence-corrected chi connectivity index (χ3v) is 5.71. The largest absolute Gasteiger partial charge is 0.416 e. The molecule has 1 aliphatic rings. The van der Waals surface area contributed by atoms with E-state index in [-0.39, 0.29) is 18.8 Å². The van der Waals surface area contributed by atoms with Crippen LogP contribution in [0.2, 0.25) is 0 Å². The third-order valence-electron chi connectivity index (χ3n) is 5.71. The Morgan fingerprint density at radius 3 is 2.34 bits per heavy atom. The summed E-state index contributed by atoms with van der Waals surface area (Å²) in [6.45, 7) is 5.21. The predicted octanol–water partition coefficient (Wildman–Crippen LogP) is 2.87. The molecule has 10 heteroatoms. The number of anilines is 1. The minimum Gasteiger partial charge on any atom is -0.372 e. The van der Waals surface area contributed by atoms with Crippen LogP contribution in [0.1, 0.15) is 40.9 Å². The number of amides is 2. The molecule has 172 valence electrons. The molecule has 0 saturated heterocycles. The minimum absolute atomic E-state index is 0.0796. The molecule has 0 bridgehead atoms. The molecule has 1 atom stereocenters. The van der Waals surface area contributed by atoms with Crippen molar-refractivity contribution in [1.82, 2.24) is 4.90 Å². The highest BCUT2D eigenvalue weighted by atomic mass is 19.4. The second kappa shape index (κ2) is 8.51. The lowest BCUT2D eigenvalue weighted by Gasteiger charge is -2.26. The van der Waals surface area contributed by atoms with Crippen LogP contribution in [0.4, 0.5) is 23.2 Å². The van der Waals surface area contributed by atoms with E-state index < -0.39 is 51.7 Å². The van der Waals surface area contributed by atoms with Crippen molar-refractivity contribution in [2.45, 2.75) is 25.6 Å². The first kappa shape index (κ1) is 23.7. The van der Waals surface area contributed by atoms with Crippen molar-refractivity contribution < 1.29 is 32.3 Å². The first-order valence-electron chi connectivity index (χ1n) is 10.0. The van der Waals surface area contributed by atoms with Gasteiger partial charge in [-0.25, -0.2) is 4.39 Å². The van der Waals surface area contributed by atoms with E-state index in [0.717, 1.165) is 23.1 Å². The van der Waals surface area contributed by atoms with Crippen molar-refractivity contribution in [2.24, 2.45) is 5.73 Å². The second-order valence-corrected chi connectivity index (χ2v) is 7.45. The molecule has 0 saturated carbocycles. The first-order chi connectivity index (χ1) is 15.0. The summed E-state index contributed by atoms with van der Waals surface area (Å²) in [7, 11) is 0. The number of nitrogens with zero attached hydrogens (tertiary/aromatic N) is 2. The molecule has 3 N–H and O–H groups in total. The zero-order valence-corrected chi connectivity index (χ0v) is 17.5. The van der Waals surface area contributed by atoms with Crippen molar-refractivity contribution >= 4 is 17.5 Å². The molecule has 3 rings (SSSR count). The minimum atomic E-state index is -5.05. The first-order valence-corrected chi connectivity index (χ1v) is 10.0.